The molecule has 0 radical (unpaired) electrons. The minimum atomic E-state index is -3.39. The van der Waals surface area contributed by atoms with E-state index < -0.39 is 21.7 Å². The molecule has 1 aromatic heterocycles. The molecule has 0 atom stereocenters. The predicted molar refractivity (Wildman–Crippen MR) is 108 cm³/mol. The number of hydrogen-bond donors (Lipinski definition) is 0. The van der Waals surface area contributed by atoms with Crippen LogP contribution in [-0.2, 0) is 23.0 Å². The van der Waals surface area contributed by atoms with E-state index in [2.05, 4.69) is 9.88 Å². The van der Waals surface area contributed by atoms with Crippen molar-refractivity contribution in [1.29, 1.82) is 0 Å². The SMILES string of the molecule is CCS(=O)(=O)N1CCc2nc(N3CCCCC3)nc(Oc3ccc(F)c(F)c3)c2C1. The fourth-order valence-electron chi connectivity index (χ4n) is 3.74. The molecule has 0 amide bonds. The summed E-state index contributed by atoms with van der Waals surface area (Å²) in [7, 11) is -3.39. The second kappa shape index (κ2) is 8.43. The summed E-state index contributed by atoms with van der Waals surface area (Å²) >= 11 is 0. The average Bonchev–Trinajstić information content (AvgIpc) is 2.76. The van der Waals surface area contributed by atoms with Crippen LogP contribution in [0.5, 0.6) is 11.6 Å². The fraction of sp³-hybridized carbons (Fsp3) is 0.500. The van der Waals surface area contributed by atoms with E-state index in [-0.39, 0.29) is 23.9 Å². The van der Waals surface area contributed by atoms with Crippen LogP contribution in [-0.4, -0.2) is 48.1 Å². The molecule has 2 aliphatic rings. The molecule has 0 bridgehead atoms. The Kier molecular flexibility index (Phi) is 5.88. The fourth-order valence-corrected chi connectivity index (χ4v) is 4.80. The highest BCUT2D eigenvalue weighted by atomic mass is 32.2. The topological polar surface area (TPSA) is 75.6 Å². The van der Waals surface area contributed by atoms with E-state index in [0.29, 0.717) is 24.5 Å². The number of hydrogen-bond acceptors (Lipinski definition) is 6. The van der Waals surface area contributed by atoms with Gasteiger partial charge in [0.25, 0.3) is 0 Å². The van der Waals surface area contributed by atoms with Gasteiger partial charge in [0.15, 0.2) is 11.6 Å². The zero-order valence-electron chi connectivity index (χ0n) is 16.8. The summed E-state index contributed by atoms with van der Waals surface area (Å²) in [6.45, 7) is 3.69. The summed E-state index contributed by atoms with van der Waals surface area (Å²) < 4.78 is 58.9. The van der Waals surface area contributed by atoms with Crippen LogP contribution in [0.15, 0.2) is 18.2 Å². The summed E-state index contributed by atoms with van der Waals surface area (Å²) in [6, 6.07) is 3.25. The molecule has 1 saturated heterocycles. The second-order valence-corrected chi connectivity index (χ2v) is 9.72. The summed E-state index contributed by atoms with van der Waals surface area (Å²) in [5.41, 5.74) is 1.29. The van der Waals surface area contributed by atoms with Gasteiger partial charge in [0.2, 0.25) is 21.9 Å². The van der Waals surface area contributed by atoms with Gasteiger partial charge in [0.05, 0.1) is 17.0 Å². The van der Waals surface area contributed by atoms with Gasteiger partial charge >= 0.3 is 0 Å². The molecule has 1 fully saturated rings. The minimum Gasteiger partial charge on any atom is -0.438 e. The Hall–Kier alpha value is -2.33. The lowest BCUT2D eigenvalue weighted by molar-refractivity contribution is 0.368. The maximum absolute atomic E-state index is 13.7. The molecule has 0 N–H and O–H groups in total. The summed E-state index contributed by atoms with van der Waals surface area (Å²) in [5.74, 6) is -1.20. The van der Waals surface area contributed by atoms with E-state index >= 15 is 0 Å². The third-order valence-electron chi connectivity index (χ3n) is 5.48. The van der Waals surface area contributed by atoms with Crippen LogP contribution in [0.2, 0.25) is 0 Å². The largest absolute Gasteiger partial charge is 0.438 e. The number of fused-ring (bicyclic) bond motifs is 1. The van der Waals surface area contributed by atoms with Gasteiger partial charge in [-0.25, -0.2) is 22.2 Å². The standard InChI is InChI=1S/C20H24F2N4O3S/c1-2-30(27,28)26-11-8-18-15(13-26)19(29-14-6-7-16(21)17(22)12-14)24-20(23-18)25-9-4-3-5-10-25/h6-7,12H,2-5,8-11,13H2,1H3. The Morgan fingerprint density at radius 1 is 1.07 bits per heavy atom. The Morgan fingerprint density at radius 2 is 1.83 bits per heavy atom. The first-order valence-corrected chi connectivity index (χ1v) is 11.7. The Morgan fingerprint density at radius 3 is 2.53 bits per heavy atom. The zero-order valence-corrected chi connectivity index (χ0v) is 17.6. The Balaban J connectivity index is 1.73. The number of ether oxygens (including phenoxy) is 1. The molecule has 0 saturated carbocycles. The van der Waals surface area contributed by atoms with Crippen LogP contribution < -0.4 is 9.64 Å². The second-order valence-electron chi connectivity index (χ2n) is 7.46. The minimum absolute atomic E-state index is 0.00554. The highest BCUT2D eigenvalue weighted by molar-refractivity contribution is 7.89. The first-order chi connectivity index (χ1) is 14.4. The molecule has 4 rings (SSSR count). The molecule has 10 heteroatoms. The van der Waals surface area contributed by atoms with Crippen LogP contribution in [0.4, 0.5) is 14.7 Å². The lowest BCUT2D eigenvalue weighted by atomic mass is 10.1. The van der Waals surface area contributed by atoms with Crippen molar-refractivity contribution < 1.29 is 21.9 Å². The molecule has 3 heterocycles. The average molecular weight is 439 g/mol. The predicted octanol–water partition coefficient (Wildman–Crippen LogP) is 3.25. The lowest BCUT2D eigenvalue weighted by Gasteiger charge is -2.31. The van der Waals surface area contributed by atoms with Crippen molar-refractivity contribution in [2.75, 3.05) is 30.3 Å². The van der Waals surface area contributed by atoms with E-state index in [1.54, 1.807) is 6.92 Å². The van der Waals surface area contributed by atoms with Crippen LogP contribution in [0.1, 0.15) is 37.4 Å². The monoisotopic (exact) mass is 438 g/mol. The van der Waals surface area contributed by atoms with Crippen LogP contribution in [0, 0.1) is 11.6 Å². The number of anilines is 1. The van der Waals surface area contributed by atoms with Crippen molar-refractivity contribution in [3.05, 3.63) is 41.1 Å². The Bertz CT molecular complexity index is 1040. The molecular formula is C20H24F2N4O3S. The smallest absolute Gasteiger partial charge is 0.228 e. The molecule has 2 aromatic rings. The first-order valence-electron chi connectivity index (χ1n) is 10.1. The van der Waals surface area contributed by atoms with E-state index in [9.17, 15) is 17.2 Å². The maximum atomic E-state index is 13.7. The first kappa shape index (κ1) is 20.9. The highest BCUT2D eigenvalue weighted by Crippen LogP contribution is 2.33. The van der Waals surface area contributed by atoms with Gasteiger partial charge in [-0.1, -0.05) is 0 Å². The van der Waals surface area contributed by atoms with E-state index in [4.69, 9.17) is 9.72 Å². The van der Waals surface area contributed by atoms with Crippen LogP contribution >= 0.6 is 0 Å². The number of rotatable bonds is 5. The van der Waals surface area contributed by atoms with Crippen molar-refractivity contribution in [3.63, 3.8) is 0 Å². The maximum Gasteiger partial charge on any atom is 0.228 e. The molecule has 162 valence electrons. The van der Waals surface area contributed by atoms with E-state index in [0.717, 1.165) is 50.2 Å². The van der Waals surface area contributed by atoms with Crippen LogP contribution in [0.3, 0.4) is 0 Å². The van der Waals surface area contributed by atoms with Gasteiger partial charge in [-0.2, -0.15) is 9.29 Å². The molecule has 0 unspecified atom stereocenters. The van der Waals surface area contributed by atoms with Gasteiger partial charge in [0, 0.05) is 38.7 Å². The molecule has 30 heavy (non-hydrogen) atoms. The molecule has 2 aliphatic heterocycles. The van der Waals surface area contributed by atoms with Gasteiger partial charge in [-0.05, 0) is 38.3 Å². The number of sulfonamides is 1. The zero-order chi connectivity index (χ0) is 21.3. The number of nitrogens with zero attached hydrogens (tertiary/aromatic N) is 4. The summed E-state index contributed by atoms with van der Waals surface area (Å²) in [6.07, 6.45) is 3.68. The number of benzene rings is 1. The molecular weight excluding hydrogens is 414 g/mol. The van der Waals surface area contributed by atoms with Crippen molar-refractivity contribution in [3.8, 4) is 11.6 Å². The Labute approximate surface area is 174 Å². The number of piperidine rings is 1. The highest BCUT2D eigenvalue weighted by Gasteiger charge is 2.30. The van der Waals surface area contributed by atoms with Gasteiger partial charge < -0.3 is 9.64 Å². The molecule has 0 aliphatic carbocycles. The lowest BCUT2D eigenvalue weighted by Crippen LogP contribution is -2.38. The van der Waals surface area contributed by atoms with Crippen molar-refractivity contribution in [1.82, 2.24) is 14.3 Å². The number of halogens is 2. The third-order valence-corrected chi connectivity index (χ3v) is 7.31. The quantitative estimate of drug-likeness (QED) is 0.714. The van der Waals surface area contributed by atoms with Gasteiger partial charge in [0.1, 0.15) is 5.75 Å². The van der Waals surface area contributed by atoms with Crippen molar-refractivity contribution in [2.45, 2.75) is 39.2 Å². The summed E-state index contributed by atoms with van der Waals surface area (Å²) in [5, 5.41) is 0. The van der Waals surface area contributed by atoms with Crippen molar-refractivity contribution in [2.24, 2.45) is 0 Å². The van der Waals surface area contributed by atoms with Crippen LogP contribution in [0.25, 0.3) is 0 Å². The van der Waals surface area contributed by atoms with E-state index in [1.165, 1.54) is 10.4 Å². The third kappa shape index (κ3) is 4.24. The molecule has 0 spiro atoms. The summed E-state index contributed by atoms with van der Waals surface area (Å²) in [4.78, 5) is 11.3. The van der Waals surface area contributed by atoms with Crippen molar-refractivity contribution >= 4 is 16.0 Å². The normalized spacial score (nSPS) is 17.6. The molecule has 1 aromatic carbocycles. The molecule has 7 nitrogen and oxygen atoms in total. The van der Waals surface area contributed by atoms with Gasteiger partial charge in [-0.3, -0.25) is 0 Å². The van der Waals surface area contributed by atoms with E-state index in [1.807, 2.05) is 0 Å². The number of aromatic nitrogens is 2. The van der Waals surface area contributed by atoms with Gasteiger partial charge in [-0.15, -0.1) is 0 Å².